The van der Waals surface area contributed by atoms with E-state index in [0.717, 1.165) is 0 Å². The third kappa shape index (κ3) is 1.58. The van der Waals surface area contributed by atoms with E-state index < -0.39 is 5.54 Å². The molecule has 0 radical (unpaired) electrons. The van der Waals surface area contributed by atoms with E-state index in [0.29, 0.717) is 12.1 Å². The van der Waals surface area contributed by atoms with Crippen LogP contribution in [-0.2, 0) is 10.3 Å². The molecule has 0 saturated heterocycles. The number of carbonyl (C=O) groups is 1. The molecule has 0 saturated carbocycles. The summed E-state index contributed by atoms with van der Waals surface area (Å²) in [5.74, 6) is 0.760. The van der Waals surface area contributed by atoms with E-state index >= 15 is 0 Å². The van der Waals surface area contributed by atoms with Crippen molar-refractivity contribution in [2.45, 2.75) is 12.5 Å². The molecule has 16 heavy (non-hydrogen) atoms. The Balaban J connectivity index is 2.54. The molecular formula is C10H10N4O2. The second kappa shape index (κ2) is 3.80. The van der Waals surface area contributed by atoms with Gasteiger partial charge in [0.2, 0.25) is 0 Å². The van der Waals surface area contributed by atoms with Crippen molar-refractivity contribution in [3.63, 3.8) is 0 Å². The lowest BCUT2D eigenvalue weighted by atomic mass is 10.0. The molecule has 0 bridgehead atoms. The minimum Gasteiger partial charge on any atom is -0.467 e. The fraction of sp³-hybridized carbons (Fsp3) is 0.300. The molecule has 82 valence electrons. The summed E-state index contributed by atoms with van der Waals surface area (Å²) in [6, 6.07) is 0.180. The van der Waals surface area contributed by atoms with Crippen LogP contribution in [0.25, 0.3) is 0 Å². The Bertz CT molecular complexity index is 470. The molecule has 1 aromatic rings. The average molecular weight is 218 g/mol. The number of aromatic nitrogens is 3. The van der Waals surface area contributed by atoms with Gasteiger partial charge in [-0.1, -0.05) is 0 Å². The second-order valence-corrected chi connectivity index (χ2v) is 3.27. The van der Waals surface area contributed by atoms with Gasteiger partial charge in [-0.25, -0.2) is 4.98 Å². The van der Waals surface area contributed by atoms with Gasteiger partial charge in [0.1, 0.15) is 5.82 Å². The number of allylic oxidation sites excluding steroid dienone is 1. The van der Waals surface area contributed by atoms with E-state index in [1.807, 2.05) is 0 Å². The summed E-state index contributed by atoms with van der Waals surface area (Å²) >= 11 is 0. The van der Waals surface area contributed by atoms with Crippen molar-refractivity contribution in [3.8, 4) is 6.01 Å². The number of ether oxygens (including phenoxy) is 1. The van der Waals surface area contributed by atoms with Gasteiger partial charge in [-0.05, 0) is 19.1 Å². The average Bonchev–Trinajstić information content (AvgIpc) is 2.78. The molecule has 1 aliphatic heterocycles. The summed E-state index contributed by atoms with van der Waals surface area (Å²) in [5.41, 5.74) is -1.12. The number of hydrogen-bond acceptors (Lipinski definition) is 6. The zero-order valence-corrected chi connectivity index (χ0v) is 8.91. The van der Waals surface area contributed by atoms with Crippen molar-refractivity contribution in [2.75, 3.05) is 7.11 Å². The van der Waals surface area contributed by atoms with Crippen molar-refractivity contribution in [1.82, 2.24) is 15.0 Å². The zero-order valence-electron chi connectivity index (χ0n) is 8.91. The Morgan fingerprint density at radius 1 is 1.38 bits per heavy atom. The molecule has 2 rings (SSSR count). The van der Waals surface area contributed by atoms with Crippen LogP contribution >= 0.6 is 0 Å². The van der Waals surface area contributed by atoms with Crippen molar-refractivity contribution in [1.29, 1.82) is 0 Å². The number of aryl methyl sites for hydroxylation is 1. The van der Waals surface area contributed by atoms with Gasteiger partial charge < -0.3 is 4.74 Å². The van der Waals surface area contributed by atoms with Gasteiger partial charge in [-0.3, -0.25) is 9.79 Å². The Morgan fingerprint density at radius 3 is 2.75 bits per heavy atom. The fourth-order valence-corrected chi connectivity index (χ4v) is 1.38. The summed E-state index contributed by atoms with van der Waals surface area (Å²) in [5, 5.41) is 0. The Kier molecular flexibility index (Phi) is 2.47. The molecule has 1 atom stereocenters. The number of methoxy groups -OCH3 is 1. The second-order valence-electron chi connectivity index (χ2n) is 3.27. The van der Waals surface area contributed by atoms with Crippen LogP contribution < -0.4 is 4.74 Å². The van der Waals surface area contributed by atoms with Crippen molar-refractivity contribution >= 4 is 12.5 Å². The topological polar surface area (TPSA) is 77.3 Å². The first-order valence-corrected chi connectivity index (χ1v) is 4.67. The Hall–Kier alpha value is -2.11. The lowest BCUT2D eigenvalue weighted by Gasteiger charge is -2.15. The van der Waals surface area contributed by atoms with Gasteiger partial charge in [-0.15, -0.1) is 0 Å². The largest absolute Gasteiger partial charge is 0.467 e. The number of aliphatic imine (C=N–C) groups is 1. The molecule has 0 spiro atoms. The van der Waals surface area contributed by atoms with Gasteiger partial charge in [0.25, 0.3) is 0 Å². The highest BCUT2D eigenvalue weighted by Gasteiger charge is 2.34. The number of aldehydes is 1. The monoisotopic (exact) mass is 218 g/mol. The van der Waals surface area contributed by atoms with Crippen LogP contribution in [0, 0.1) is 6.92 Å². The quantitative estimate of drug-likeness (QED) is 0.678. The molecule has 1 unspecified atom stereocenters. The summed E-state index contributed by atoms with van der Waals surface area (Å²) in [6.45, 7) is 1.70. The normalized spacial score (nSPS) is 22.4. The molecular weight excluding hydrogens is 208 g/mol. The molecule has 0 fully saturated rings. The highest BCUT2D eigenvalue weighted by atomic mass is 16.5. The minimum atomic E-state index is -1.12. The molecule has 0 N–H and O–H groups in total. The third-order valence-corrected chi connectivity index (χ3v) is 2.17. The summed E-state index contributed by atoms with van der Waals surface area (Å²) in [7, 11) is 1.46. The summed E-state index contributed by atoms with van der Waals surface area (Å²) in [4.78, 5) is 27.3. The van der Waals surface area contributed by atoms with Crippen LogP contribution in [0.5, 0.6) is 6.01 Å². The molecule has 1 aromatic heterocycles. The molecule has 0 aliphatic carbocycles. The number of hydrogen-bond donors (Lipinski definition) is 0. The van der Waals surface area contributed by atoms with Crippen LogP contribution in [0.15, 0.2) is 17.1 Å². The van der Waals surface area contributed by atoms with E-state index in [-0.39, 0.29) is 11.8 Å². The predicted molar refractivity (Wildman–Crippen MR) is 56.5 cm³/mol. The standard InChI is InChI=1S/C10H10N4O2/c1-7-12-8(14-9(13-7)16-2)10(6-15)4-3-5-11-10/h3-6H,1-2H3. The maximum atomic E-state index is 11.1. The fourth-order valence-electron chi connectivity index (χ4n) is 1.38. The first-order chi connectivity index (χ1) is 7.70. The molecule has 2 heterocycles. The molecule has 1 aliphatic rings. The van der Waals surface area contributed by atoms with E-state index in [2.05, 4.69) is 19.9 Å². The van der Waals surface area contributed by atoms with E-state index in [4.69, 9.17) is 4.74 Å². The lowest BCUT2D eigenvalue weighted by Crippen LogP contribution is -2.25. The minimum absolute atomic E-state index is 0.180. The van der Waals surface area contributed by atoms with Gasteiger partial charge in [0.05, 0.1) is 7.11 Å². The van der Waals surface area contributed by atoms with Gasteiger partial charge in [0, 0.05) is 6.21 Å². The van der Waals surface area contributed by atoms with Gasteiger partial charge in [-0.2, -0.15) is 9.97 Å². The lowest BCUT2D eigenvalue weighted by molar-refractivity contribution is -0.111. The SMILES string of the molecule is COc1nc(C)nc(C2(C=O)C=CC=N2)n1. The van der Waals surface area contributed by atoms with Crippen LogP contribution in [0.3, 0.4) is 0 Å². The van der Waals surface area contributed by atoms with Crippen LogP contribution in [0.4, 0.5) is 0 Å². The number of rotatable bonds is 3. The van der Waals surface area contributed by atoms with Crippen molar-refractivity contribution in [2.24, 2.45) is 4.99 Å². The Morgan fingerprint density at radius 2 is 2.19 bits per heavy atom. The number of nitrogens with zero attached hydrogens (tertiary/aromatic N) is 4. The molecule has 0 amide bonds. The molecule has 6 heteroatoms. The van der Waals surface area contributed by atoms with E-state index in [1.165, 1.54) is 7.11 Å². The van der Waals surface area contributed by atoms with Crippen LogP contribution in [-0.4, -0.2) is 34.6 Å². The maximum absolute atomic E-state index is 11.1. The zero-order chi connectivity index (χ0) is 11.6. The first kappa shape index (κ1) is 10.4. The highest BCUT2D eigenvalue weighted by molar-refractivity contribution is 5.84. The van der Waals surface area contributed by atoms with Crippen LogP contribution in [0.1, 0.15) is 11.6 Å². The molecule has 6 nitrogen and oxygen atoms in total. The number of carbonyl (C=O) groups excluding carboxylic acids is 1. The summed E-state index contributed by atoms with van der Waals surface area (Å²) in [6.07, 6.45) is 5.55. The maximum Gasteiger partial charge on any atom is 0.319 e. The highest BCUT2D eigenvalue weighted by Crippen LogP contribution is 2.25. The Labute approximate surface area is 92.1 Å². The molecule has 0 aromatic carbocycles. The predicted octanol–water partition coefficient (Wildman–Crippen LogP) is 0.223. The van der Waals surface area contributed by atoms with Gasteiger partial charge in [0.15, 0.2) is 17.6 Å². The van der Waals surface area contributed by atoms with E-state index in [1.54, 1.807) is 25.3 Å². The van der Waals surface area contributed by atoms with Crippen molar-refractivity contribution < 1.29 is 9.53 Å². The van der Waals surface area contributed by atoms with Crippen molar-refractivity contribution in [3.05, 3.63) is 23.8 Å². The van der Waals surface area contributed by atoms with Crippen LogP contribution in [0.2, 0.25) is 0 Å². The summed E-state index contributed by atoms with van der Waals surface area (Å²) < 4.78 is 4.93. The van der Waals surface area contributed by atoms with Gasteiger partial charge >= 0.3 is 6.01 Å². The smallest absolute Gasteiger partial charge is 0.319 e. The van der Waals surface area contributed by atoms with E-state index in [9.17, 15) is 4.79 Å². The first-order valence-electron chi connectivity index (χ1n) is 4.67. The third-order valence-electron chi connectivity index (χ3n) is 2.17.